The molecule has 104 valence electrons. The van der Waals surface area contributed by atoms with E-state index >= 15 is 0 Å². The van der Waals surface area contributed by atoms with Crippen molar-refractivity contribution in [2.45, 2.75) is 27.2 Å². The standard InChI is InChI=1S/C14H22N4O/c1-11(2)10-19-9-5-8-15-14-16-13-7-4-6-12(3)18(13)17-14/h4,6-7,11H,5,8-10H2,1-3H3,(H,15,17). The van der Waals surface area contributed by atoms with Crippen LogP contribution in [0.4, 0.5) is 5.95 Å². The highest BCUT2D eigenvalue weighted by Crippen LogP contribution is 2.07. The van der Waals surface area contributed by atoms with Crippen molar-refractivity contribution >= 4 is 11.6 Å². The number of anilines is 1. The first-order valence-electron chi connectivity index (χ1n) is 6.81. The van der Waals surface area contributed by atoms with Crippen molar-refractivity contribution in [3.63, 3.8) is 0 Å². The minimum atomic E-state index is 0.594. The zero-order valence-electron chi connectivity index (χ0n) is 11.9. The minimum absolute atomic E-state index is 0.594. The van der Waals surface area contributed by atoms with Gasteiger partial charge in [0, 0.05) is 25.5 Å². The number of nitrogens with one attached hydrogen (secondary N) is 1. The molecule has 2 aromatic heterocycles. The van der Waals surface area contributed by atoms with Gasteiger partial charge in [0.25, 0.3) is 0 Å². The van der Waals surface area contributed by atoms with Gasteiger partial charge in [0.1, 0.15) is 0 Å². The predicted molar refractivity (Wildman–Crippen MR) is 76.5 cm³/mol. The molecule has 0 unspecified atom stereocenters. The van der Waals surface area contributed by atoms with Crippen LogP contribution in [-0.2, 0) is 4.74 Å². The summed E-state index contributed by atoms with van der Waals surface area (Å²) in [6, 6.07) is 5.96. The molecule has 0 aliphatic rings. The fraction of sp³-hybridized carbons (Fsp3) is 0.571. The molecule has 0 fully saturated rings. The average Bonchev–Trinajstić information content (AvgIpc) is 2.78. The molecule has 0 saturated carbocycles. The third-order valence-electron chi connectivity index (χ3n) is 2.75. The van der Waals surface area contributed by atoms with Gasteiger partial charge in [0.15, 0.2) is 5.65 Å². The molecule has 0 spiro atoms. The van der Waals surface area contributed by atoms with Crippen molar-refractivity contribution in [3.8, 4) is 0 Å². The van der Waals surface area contributed by atoms with Gasteiger partial charge >= 0.3 is 0 Å². The van der Waals surface area contributed by atoms with Crippen molar-refractivity contribution in [3.05, 3.63) is 23.9 Å². The molecule has 2 heterocycles. The second-order valence-electron chi connectivity index (χ2n) is 5.12. The van der Waals surface area contributed by atoms with Crippen LogP contribution < -0.4 is 5.32 Å². The van der Waals surface area contributed by atoms with Crippen molar-refractivity contribution < 1.29 is 4.74 Å². The van der Waals surface area contributed by atoms with Crippen LogP contribution in [0.25, 0.3) is 5.65 Å². The van der Waals surface area contributed by atoms with E-state index in [2.05, 4.69) is 29.2 Å². The number of fused-ring (bicyclic) bond motifs is 1. The second-order valence-corrected chi connectivity index (χ2v) is 5.12. The summed E-state index contributed by atoms with van der Waals surface area (Å²) in [6.45, 7) is 8.75. The number of aryl methyl sites for hydroxylation is 1. The summed E-state index contributed by atoms with van der Waals surface area (Å²) in [5, 5.41) is 7.64. The topological polar surface area (TPSA) is 51.5 Å². The molecule has 0 atom stereocenters. The Morgan fingerprint density at radius 1 is 1.37 bits per heavy atom. The lowest BCUT2D eigenvalue weighted by Crippen LogP contribution is -2.09. The van der Waals surface area contributed by atoms with E-state index in [0.29, 0.717) is 11.9 Å². The lowest BCUT2D eigenvalue weighted by molar-refractivity contribution is 0.110. The molecule has 0 bridgehead atoms. The van der Waals surface area contributed by atoms with E-state index in [4.69, 9.17) is 4.74 Å². The molecule has 0 aliphatic heterocycles. The van der Waals surface area contributed by atoms with Gasteiger partial charge in [-0.3, -0.25) is 0 Å². The summed E-state index contributed by atoms with van der Waals surface area (Å²) >= 11 is 0. The van der Waals surface area contributed by atoms with Gasteiger partial charge in [0.05, 0.1) is 0 Å². The summed E-state index contributed by atoms with van der Waals surface area (Å²) in [4.78, 5) is 4.42. The molecular weight excluding hydrogens is 240 g/mol. The van der Waals surface area contributed by atoms with Gasteiger partial charge in [0.2, 0.25) is 5.95 Å². The van der Waals surface area contributed by atoms with Gasteiger partial charge in [-0.15, -0.1) is 5.10 Å². The summed E-state index contributed by atoms with van der Waals surface area (Å²) in [6.07, 6.45) is 0.960. The van der Waals surface area contributed by atoms with Crippen LogP contribution >= 0.6 is 0 Å². The fourth-order valence-corrected chi connectivity index (χ4v) is 1.80. The predicted octanol–water partition coefficient (Wildman–Crippen LogP) is 2.51. The number of aromatic nitrogens is 3. The van der Waals surface area contributed by atoms with Crippen LogP contribution in [0.5, 0.6) is 0 Å². The monoisotopic (exact) mass is 262 g/mol. The van der Waals surface area contributed by atoms with Crippen LogP contribution in [-0.4, -0.2) is 34.4 Å². The van der Waals surface area contributed by atoms with Gasteiger partial charge < -0.3 is 10.1 Å². The molecule has 5 heteroatoms. The zero-order valence-corrected chi connectivity index (χ0v) is 11.9. The molecule has 0 saturated heterocycles. The Kier molecular flexibility index (Phi) is 4.74. The van der Waals surface area contributed by atoms with E-state index in [1.54, 1.807) is 0 Å². The number of rotatable bonds is 7. The maximum Gasteiger partial charge on any atom is 0.243 e. The normalized spacial score (nSPS) is 11.4. The first kappa shape index (κ1) is 13.8. The largest absolute Gasteiger partial charge is 0.381 e. The Labute approximate surface area is 114 Å². The van der Waals surface area contributed by atoms with Crippen LogP contribution in [0.3, 0.4) is 0 Å². The Bertz CT molecular complexity index is 521. The number of hydrogen-bond acceptors (Lipinski definition) is 4. The molecule has 0 radical (unpaired) electrons. The summed E-state index contributed by atoms with van der Waals surface area (Å²) in [5.41, 5.74) is 1.96. The molecule has 2 aromatic rings. The van der Waals surface area contributed by atoms with Gasteiger partial charge in [-0.25, -0.2) is 4.52 Å². The SMILES string of the molecule is Cc1cccc2nc(NCCCOCC(C)C)nn12. The van der Waals surface area contributed by atoms with E-state index in [0.717, 1.165) is 37.5 Å². The summed E-state index contributed by atoms with van der Waals surface area (Å²) < 4.78 is 7.37. The van der Waals surface area contributed by atoms with E-state index < -0.39 is 0 Å². The maximum atomic E-state index is 5.53. The molecule has 5 nitrogen and oxygen atoms in total. The summed E-state index contributed by atoms with van der Waals surface area (Å²) in [5.74, 6) is 1.27. The first-order valence-corrected chi connectivity index (χ1v) is 6.81. The molecular formula is C14H22N4O. The van der Waals surface area contributed by atoms with E-state index in [9.17, 15) is 0 Å². The molecule has 19 heavy (non-hydrogen) atoms. The molecule has 2 rings (SSSR count). The number of hydrogen-bond donors (Lipinski definition) is 1. The highest BCUT2D eigenvalue weighted by atomic mass is 16.5. The minimum Gasteiger partial charge on any atom is -0.381 e. The van der Waals surface area contributed by atoms with Crippen molar-refractivity contribution in [1.82, 2.24) is 14.6 Å². The smallest absolute Gasteiger partial charge is 0.243 e. The third kappa shape index (κ3) is 3.92. The van der Waals surface area contributed by atoms with E-state index in [1.165, 1.54) is 0 Å². The highest BCUT2D eigenvalue weighted by Gasteiger charge is 2.03. The van der Waals surface area contributed by atoms with Crippen LogP contribution in [0.1, 0.15) is 26.0 Å². The third-order valence-corrected chi connectivity index (χ3v) is 2.75. The fourth-order valence-electron chi connectivity index (χ4n) is 1.80. The van der Waals surface area contributed by atoms with Crippen LogP contribution in [0.2, 0.25) is 0 Å². The average molecular weight is 262 g/mol. The van der Waals surface area contributed by atoms with Crippen LogP contribution in [0, 0.1) is 12.8 Å². The number of pyridine rings is 1. The lowest BCUT2D eigenvalue weighted by atomic mass is 10.2. The molecule has 1 N–H and O–H groups in total. The number of ether oxygens (including phenoxy) is 1. The second kappa shape index (κ2) is 6.52. The zero-order chi connectivity index (χ0) is 13.7. The van der Waals surface area contributed by atoms with Gasteiger partial charge in [-0.1, -0.05) is 19.9 Å². The quantitative estimate of drug-likeness (QED) is 0.779. The van der Waals surface area contributed by atoms with Crippen molar-refractivity contribution in [2.24, 2.45) is 5.92 Å². The van der Waals surface area contributed by atoms with E-state index in [1.807, 2.05) is 29.6 Å². The summed E-state index contributed by atoms with van der Waals surface area (Å²) in [7, 11) is 0. The van der Waals surface area contributed by atoms with E-state index in [-0.39, 0.29) is 0 Å². The maximum absolute atomic E-state index is 5.53. The Balaban J connectivity index is 1.77. The highest BCUT2D eigenvalue weighted by molar-refractivity contribution is 5.44. The van der Waals surface area contributed by atoms with Crippen LogP contribution in [0.15, 0.2) is 18.2 Å². The molecule has 0 amide bonds. The first-order chi connectivity index (χ1) is 9.16. The Morgan fingerprint density at radius 2 is 2.21 bits per heavy atom. The lowest BCUT2D eigenvalue weighted by Gasteiger charge is -2.06. The van der Waals surface area contributed by atoms with Crippen molar-refractivity contribution in [1.29, 1.82) is 0 Å². The Hall–Kier alpha value is -1.62. The Morgan fingerprint density at radius 3 is 2.95 bits per heavy atom. The van der Waals surface area contributed by atoms with Crippen molar-refractivity contribution in [2.75, 3.05) is 25.1 Å². The van der Waals surface area contributed by atoms with Gasteiger partial charge in [-0.05, 0) is 31.4 Å². The molecule has 0 aliphatic carbocycles. The number of nitrogens with zero attached hydrogens (tertiary/aromatic N) is 3. The molecule has 0 aromatic carbocycles. The van der Waals surface area contributed by atoms with Gasteiger partial charge in [-0.2, -0.15) is 4.98 Å².